The van der Waals surface area contributed by atoms with Crippen LogP contribution in [0.1, 0.15) is 25.7 Å². The fourth-order valence-electron chi connectivity index (χ4n) is 2.81. The number of aliphatic carboxylic acids is 1. The number of carboxylic acids is 1. The first-order valence-electron chi connectivity index (χ1n) is 6.27. The molecule has 2 fully saturated rings. The van der Waals surface area contributed by atoms with Crippen LogP contribution in [0.25, 0.3) is 0 Å². The van der Waals surface area contributed by atoms with Gasteiger partial charge in [-0.2, -0.15) is 0 Å². The van der Waals surface area contributed by atoms with Gasteiger partial charge in [0.1, 0.15) is 0 Å². The number of rotatable bonds is 4. The number of imide groups is 1. The molecule has 1 aliphatic heterocycles. The quantitative estimate of drug-likeness (QED) is 0.680. The molecule has 1 aliphatic carbocycles. The van der Waals surface area contributed by atoms with Crippen molar-refractivity contribution in [2.45, 2.75) is 31.7 Å². The van der Waals surface area contributed by atoms with Crippen molar-refractivity contribution in [3.8, 4) is 0 Å². The van der Waals surface area contributed by atoms with Crippen molar-refractivity contribution in [1.29, 1.82) is 0 Å². The van der Waals surface area contributed by atoms with Crippen LogP contribution < -0.4 is 5.32 Å². The van der Waals surface area contributed by atoms with Crippen LogP contribution in [0.4, 0.5) is 0 Å². The van der Waals surface area contributed by atoms with Gasteiger partial charge in [-0.25, -0.2) is 0 Å². The number of nitrogens with one attached hydrogen (secondary N) is 1. The molecule has 2 aliphatic rings. The average Bonchev–Trinajstić information content (AvgIpc) is 2.88. The van der Waals surface area contributed by atoms with Crippen molar-refractivity contribution in [1.82, 2.24) is 10.2 Å². The summed E-state index contributed by atoms with van der Waals surface area (Å²) in [7, 11) is 1.47. The molecule has 0 aromatic heterocycles. The molecule has 2 amide bonds. The van der Waals surface area contributed by atoms with Gasteiger partial charge in [0.05, 0.1) is 18.4 Å². The predicted octanol–water partition coefficient (Wildman–Crippen LogP) is -0.166. The smallest absolute Gasteiger partial charge is 0.306 e. The molecule has 100 valence electrons. The molecule has 18 heavy (non-hydrogen) atoms. The average molecular weight is 254 g/mol. The molecule has 2 N–H and O–H groups in total. The van der Waals surface area contributed by atoms with Crippen LogP contribution in [-0.2, 0) is 14.4 Å². The Morgan fingerprint density at radius 1 is 1.44 bits per heavy atom. The standard InChI is InChI=1S/C12H18N2O4/c1-14-10(15)5-9(11(14)16)13-6-7-3-2-4-8(7)12(17)18/h7-9,13H,2-6H2,1H3,(H,17,18). The van der Waals surface area contributed by atoms with Crippen molar-refractivity contribution >= 4 is 17.8 Å². The second-order valence-corrected chi connectivity index (χ2v) is 5.09. The van der Waals surface area contributed by atoms with E-state index in [4.69, 9.17) is 5.11 Å². The summed E-state index contributed by atoms with van der Waals surface area (Å²) in [5.41, 5.74) is 0. The minimum atomic E-state index is -0.759. The first kappa shape index (κ1) is 13.0. The van der Waals surface area contributed by atoms with Gasteiger partial charge in [-0.3, -0.25) is 19.3 Å². The summed E-state index contributed by atoms with van der Waals surface area (Å²) in [6, 6.07) is -0.474. The number of hydrogen-bond acceptors (Lipinski definition) is 4. The lowest BCUT2D eigenvalue weighted by Crippen LogP contribution is -2.40. The number of carbonyl (C=O) groups is 3. The molecule has 1 heterocycles. The summed E-state index contributed by atoms with van der Waals surface area (Å²) >= 11 is 0. The Morgan fingerprint density at radius 3 is 2.72 bits per heavy atom. The maximum absolute atomic E-state index is 11.7. The lowest BCUT2D eigenvalue weighted by molar-refractivity contribution is -0.143. The molecule has 0 radical (unpaired) electrons. The van der Waals surface area contributed by atoms with Gasteiger partial charge in [0.25, 0.3) is 0 Å². The second-order valence-electron chi connectivity index (χ2n) is 5.09. The van der Waals surface area contributed by atoms with Crippen molar-refractivity contribution < 1.29 is 19.5 Å². The van der Waals surface area contributed by atoms with Gasteiger partial charge in [-0.1, -0.05) is 6.42 Å². The SMILES string of the molecule is CN1C(=O)CC(NCC2CCCC2C(=O)O)C1=O. The number of likely N-dealkylation sites (N-methyl/N-ethyl adjacent to an activating group) is 1. The highest BCUT2D eigenvalue weighted by molar-refractivity contribution is 6.05. The Kier molecular flexibility index (Phi) is 3.65. The third kappa shape index (κ3) is 2.38. The van der Waals surface area contributed by atoms with Gasteiger partial charge >= 0.3 is 5.97 Å². The topological polar surface area (TPSA) is 86.7 Å². The maximum Gasteiger partial charge on any atom is 0.306 e. The number of nitrogens with zero attached hydrogens (tertiary/aromatic N) is 1. The zero-order valence-electron chi connectivity index (χ0n) is 10.4. The highest BCUT2D eigenvalue weighted by Gasteiger charge is 2.38. The second kappa shape index (κ2) is 5.06. The van der Waals surface area contributed by atoms with Crippen molar-refractivity contribution in [3.63, 3.8) is 0 Å². The van der Waals surface area contributed by atoms with Crippen molar-refractivity contribution in [3.05, 3.63) is 0 Å². The minimum Gasteiger partial charge on any atom is -0.481 e. The highest BCUT2D eigenvalue weighted by Crippen LogP contribution is 2.31. The Balaban J connectivity index is 1.87. The number of likely N-dealkylation sites (tertiary alicyclic amines) is 1. The van der Waals surface area contributed by atoms with E-state index in [0.717, 1.165) is 17.7 Å². The lowest BCUT2D eigenvalue weighted by Gasteiger charge is -2.18. The molecule has 1 saturated carbocycles. The Hall–Kier alpha value is -1.43. The third-order valence-corrected chi connectivity index (χ3v) is 3.98. The first-order chi connectivity index (χ1) is 8.50. The van der Waals surface area contributed by atoms with Gasteiger partial charge in [-0.05, 0) is 25.3 Å². The maximum atomic E-state index is 11.7. The lowest BCUT2D eigenvalue weighted by atomic mass is 9.96. The van der Waals surface area contributed by atoms with Crippen LogP contribution in [0.15, 0.2) is 0 Å². The minimum absolute atomic E-state index is 0.0660. The van der Waals surface area contributed by atoms with Gasteiger partial charge in [-0.15, -0.1) is 0 Å². The predicted molar refractivity (Wildman–Crippen MR) is 62.7 cm³/mol. The largest absolute Gasteiger partial charge is 0.481 e. The van der Waals surface area contributed by atoms with E-state index in [1.807, 2.05) is 0 Å². The molecule has 6 heteroatoms. The summed E-state index contributed by atoms with van der Waals surface area (Å²) in [5.74, 6) is -1.41. The molecule has 0 spiro atoms. The van der Waals surface area contributed by atoms with E-state index in [0.29, 0.717) is 13.0 Å². The summed E-state index contributed by atoms with van der Waals surface area (Å²) in [4.78, 5) is 35.1. The summed E-state index contributed by atoms with van der Waals surface area (Å²) < 4.78 is 0. The summed E-state index contributed by atoms with van der Waals surface area (Å²) in [6.07, 6.45) is 2.67. The molecular formula is C12H18N2O4. The molecule has 3 atom stereocenters. The molecule has 0 aromatic rings. The van der Waals surface area contributed by atoms with E-state index in [-0.39, 0.29) is 30.1 Å². The number of hydrogen-bond donors (Lipinski definition) is 2. The monoisotopic (exact) mass is 254 g/mol. The van der Waals surface area contributed by atoms with E-state index in [2.05, 4.69) is 5.32 Å². The zero-order chi connectivity index (χ0) is 13.3. The Labute approximate surface area is 105 Å². The summed E-state index contributed by atoms with van der Waals surface area (Å²) in [5, 5.41) is 12.1. The molecule has 2 rings (SSSR count). The highest BCUT2D eigenvalue weighted by atomic mass is 16.4. The fraction of sp³-hybridized carbons (Fsp3) is 0.750. The molecule has 1 saturated heterocycles. The Morgan fingerprint density at radius 2 is 2.17 bits per heavy atom. The Bertz CT molecular complexity index is 382. The van der Waals surface area contributed by atoms with E-state index >= 15 is 0 Å². The van der Waals surface area contributed by atoms with Crippen LogP contribution >= 0.6 is 0 Å². The van der Waals surface area contributed by atoms with Crippen LogP contribution in [0, 0.1) is 11.8 Å². The van der Waals surface area contributed by atoms with Crippen molar-refractivity contribution in [2.75, 3.05) is 13.6 Å². The number of amides is 2. The number of carboxylic acid groups (broad SMARTS) is 1. The van der Waals surface area contributed by atoms with Gasteiger partial charge < -0.3 is 10.4 Å². The van der Waals surface area contributed by atoms with Gasteiger partial charge in [0.15, 0.2) is 0 Å². The van der Waals surface area contributed by atoms with Crippen LogP contribution in [-0.4, -0.2) is 47.4 Å². The third-order valence-electron chi connectivity index (χ3n) is 3.98. The van der Waals surface area contributed by atoms with E-state index in [9.17, 15) is 14.4 Å². The molecule has 3 unspecified atom stereocenters. The molecule has 6 nitrogen and oxygen atoms in total. The summed E-state index contributed by atoms with van der Waals surface area (Å²) in [6.45, 7) is 0.495. The molecular weight excluding hydrogens is 236 g/mol. The zero-order valence-corrected chi connectivity index (χ0v) is 10.4. The van der Waals surface area contributed by atoms with Gasteiger partial charge in [0.2, 0.25) is 11.8 Å². The van der Waals surface area contributed by atoms with E-state index in [1.165, 1.54) is 7.05 Å². The van der Waals surface area contributed by atoms with Crippen molar-refractivity contribution in [2.24, 2.45) is 11.8 Å². The molecule has 0 aromatic carbocycles. The normalized spacial score (nSPS) is 32.3. The number of carbonyl (C=O) groups excluding carboxylic acids is 2. The fourth-order valence-corrected chi connectivity index (χ4v) is 2.81. The van der Waals surface area contributed by atoms with Crippen LogP contribution in [0.3, 0.4) is 0 Å². The van der Waals surface area contributed by atoms with Crippen LogP contribution in [0.2, 0.25) is 0 Å². The first-order valence-corrected chi connectivity index (χ1v) is 6.27. The van der Waals surface area contributed by atoms with E-state index in [1.54, 1.807) is 0 Å². The van der Waals surface area contributed by atoms with E-state index < -0.39 is 12.0 Å². The molecule has 0 bridgehead atoms. The van der Waals surface area contributed by atoms with Crippen LogP contribution in [0.5, 0.6) is 0 Å². The van der Waals surface area contributed by atoms with Gasteiger partial charge in [0, 0.05) is 7.05 Å².